The van der Waals surface area contributed by atoms with E-state index in [4.69, 9.17) is 0 Å². The van der Waals surface area contributed by atoms with Crippen molar-refractivity contribution in [3.05, 3.63) is 39.4 Å². The van der Waals surface area contributed by atoms with Crippen LogP contribution in [-0.4, -0.2) is 40.6 Å². The third-order valence-corrected chi connectivity index (χ3v) is 2.70. The van der Waals surface area contributed by atoms with Crippen LogP contribution in [0, 0.1) is 21.7 Å². The van der Waals surface area contributed by atoms with Crippen LogP contribution in [0.1, 0.15) is 10.4 Å². The Kier molecular flexibility index (Phi) is 3.61. The van der Waals surface area contributed by atoms with Crippen LogP contribution in [0.2, 0.25) is 0 Å². The summed E-state index contributed by atoms with van der Waals surface area (Å²) in [6, 6.07) is 0.640. The van der Waals surface area contributed by atoms with Gasteiger partial charge in [0.15, 0.2) is 0 Å². The van der Waals surface area contributed by atoms with Gasteiger partial charge in [-0.15, -0.1) is 0 Å². The molecule has 1 heterocycles. The third-order valence-electron chi connectivity index (χ3n) is 2.70. The number of nitrogens with zero attached hydrogens (tertiary/aromatic N) is 2. The van der Waals surface area contributed by atoms with Gasteiger partial charge in [-0.3, -0.25) is 29.8 Å². The lowest BCUT2D eigenvalue weighted by Gasteiger charge is -2.25. The quantitative estimate of drug-likeness (QED) is 0.468. The van der Waals surface area contributed by atoms with Crippen LogP contribution in [0.15, 0.2) is 12.1 Å². The average Bonchev–Trinajstić information content (AvgIpc) is 2.36. The lowest BCUT2D eigenvalue weighted by Crippen LogP contribution is -2.53. The SMILES string of the molecule is O=C1CN(C(=O)c2cc([N+](=O)[O-])c(F)cc2F)CC(=O)N1. The van der Waals surface area contributed by atoms with Gasteiger partial charge in [0, 0.05) is 12.1 Å². The molecule has 0 unspecified atom stereocenters. The number of hydrogen-bond donors (Lipinski definition) is 1. The maximum atomic E-state index is 13.6. The zero-order valence-electron chi connectivity index (χ0n) is 10.3. The lowest BCUT2D eigenvalue weighted by molar-refractivity contribution is -0.387. The zero-order chi connectivity index (χ0) is 15.7. The van der Waals surface area contributed by atoms with E-state index in [-0.39, 0.29) is 6.07 Å². The van der Waals surface area contributed by atoms with Crippen LogP contribution >= 0.6 is 0 Å². The molecule has 10 heteroatoms. The molecule has 1 aliphatic rings. The Labute approximate surface area is 115 Å². The summed E-state index contributed by atoms with van der Waals surface area (Å²) in [5, 5.41) is 12.5. The summed E-state index contributed by atoms with van der Waals surface area (Å²) in [5.41, 5.74) is -1.86. The summed E-state index contributed by atoms with van der Waals surface area (Å²) < 4.78 is 26.8. The van der Waals surface area contributed by atoms with Gasteiger partial charge in [0.25, 0.3) is 5.91 Å². The molecule has 2 rings (SSSR count). The molecule has 0 bridgehead atoms. The van der Waals surface area contributed by atoms with Gasteiger partial charge in [0.2, 0.25) is 17.6 Å². The predicted octanol–water partition coefficient (Wildman–Crippen LogP) is -0.0284. The van der Waals surface area contributed by atoms with Crippen LogP contribution in [0.3, 0.4) is 0 Å². The summed E-state index contributed by atoms with van der Waals surface area (Å²) in [6.07, 6.45) is 0. The largest absolute Gasteiger partial charge is 0.320 e. The number of rotatable bonds is 2. The van der Waals surface area contributed by atoms with E-state index in [2.05, 4.69) is 0 Å². The topological polar surface area (TPSA) is 110 Å². The van der Waals surface area contributed by atoms with Crippen LogP contribution in [0.5, 0.6) is 0 Å². The molecular formula is C11H7F2N3O5. The number of halogens is 2. The number of hydrogen-bond acceptors (Lipinski definition) is 5. The summed E-state index contributed by atoms with van der Waals surface area (Å²) in [6.45, 7) is -1.01. The Morgan fingerprint density at radius 2 is 1.76 bits per heavy atom. The van der Waals surface area contributed by atoms with Crippen molar-refractivity contribution in [3.8, 4) is 0 Å². The first-order chi connectivity index (χ1) is 9.79. The Morgan fingerprint density at radius 3 is 2.29 bits per heavy atom. The number of amides is 3. The van der Waals surface area contributed by atoms with Crippen molar-refractivity contribution in [2.75, 3.05) is 13.1 Å². The molecule has 1 saturated heterocycles. The van der Waals surface area contributed by atoms with Crippen molar-refractivity contribution in [3.63, 3.8) is 0 Å². The predicted molar refractivity (Wildman–Crippen MR) is 62.1 cm³/mol. The number of imide groups is 1. The van der Waals surface area contributed by atoms with Crippen molar-refractivity contribution in [1.29, 1.82) is 0 Å². The molecule has 8 nitrogen and oxygen atoms in total. The molecule has 0 radical (unpaired) electrons. The standard InChI is InChI=1S/C11H7F2N3O5/c12-6-2-7(13)8(16(20)21)1-5(6)11(19)15-3-9(17)14-10(18)4-15/h1-2H,3-4H2,(H,14,17,18). The van der Waals surface area contributed by atoms with Gasteiger partial charge in [-0.1, -0.05) is 0 Å². The van der Waals surface area contributed by atoms with E-state index in [1.54, 1.807) is 0 Å². The van der Waals surface area contributed by atoms with Gasteiger partial charge < -0.3 is 4.90 Å². The number of nitrogens with one attached hydrogen (secondary N) is 1. The third kappa shape index (κ3) is 2.83. The minimum Gasteiger partial charge on any atom is -0.320 e. The van der Waals surface area contributed by atoms with Crippen molar-refractivity contribution in [2.24, 2.45) is 0 Å². The zero-order valence-corrected chi connectivity index (χ0v) is 10.3. The normalized spacial score (nSPS) is 14.9. The van der Waals surface area contributed by atoms with Crippen molar-refractivity contribution < 1.29 is 28.1 Å². The van der Waals surface area contributed by atoms with E-state index in [1.165, 1.54) is 0 Å². The first-order valence-corrected chi connectivity index (χ1v) is 5.55. The summed E-state index contributed by atoms with van der Waals surface area (Å²) >= 11 is 0. The molecule has 0 saturated carbocycles. The maximum Gasteiger partial charge on any atom is 0.305 e. The van der Waals surface area contributed by atoms with E-state index >= 15 is 0 Å². The summed E-state index contributed by atoms with van der Waals surface area (Å²) in [7, 11) is 0. The Morgan fingerprint density at radius 1 is 1.19 bits per heavy atom. The van der Waals surface area contributed by atoms with E-state index in [1.807, 2.05) is 5.32 Å². The number of nitro benzene ring substituents is 1. The van der Waals surface area contributed by atoms with Crippen molar-refractivity contribution in [1.82, 2.24) is 10.2 Å². The van der Waals surface area contributed by atoms with Crippen LogP contribution in [-0.2, 0) is 9.59 Å². The minimum absolute atomic E-state index is 0.206. The molecule has 1 N–H and O–H groups in total. The van der Waals surface area contributed by atoms with Gasteiger partial charge in [0.05, 0.1) is 10.5 Å². The fourth-order valence-corrected chi connectivity index (χ4v) is 1.79. The molecule has 1 aliphatic heterocycles. The van der Waals surface area contributed by atoms with Crippen LogP contribution < -0.4 is 5.32 Å². The van der Waals surface area contributed by atoms with E-state index in [9.17, 15) is 33.3 Å². The number of carbonyl (C=O) groups excluding carboxylic acids is 3. The van der Waals surface area contributed by atoms with Gasteiger partial charge in [0.1, 0.15) is 18.9 Å². The number of piperazine rings is 1. The average molecular weight is 299 g/mol. The molecule has 1 aromatic carbocycles. The van der Waals surface area contributed by atoms with Crippen molar-refractivity contribution in [2.45, 2.75) is 0 Å². The highest BCUT2D eigenvalue weighted by molar-refractivity contribution is 6.05. The van der Waals surface area contributed by atoms with Gasteiger partial charge >= 0.3 is 5.69 Å². The monoisotopic (exact) mass is 299 g/mol. The second-order valence-electron chi connectivity index (χ2n) is 4.17. The minimum atomic E-state index is -1.43. The van der Waals surface area contributed by atoms with Gasteiger partial charge in [-0.05, 0) is 0 Å². The van der Waals surface area contributed by atoms with Gasteiger partial charge in [-0.25, -0.2) is 4.39 Å². The number of carbonyl (C=O) groups is 3. The lowest BCUT2D eigenvalue weighted by atomic mass is 10.1. The Bertz CT molecular complexity index is 660. The Balaban J connectivity index is 2.39. The molecule has 1 aromatic rings. The highest BCUT2D eigenvalue weighted by atomic mass is 19.1. The molecule has 21 heavy (non-hydrogen) atoms. The maximum absolute atomic E-state index is 13.6. The summed E-state index contributed by atoms with van der Waals surface area (Å²) in [5.74, 6) is -5.39. The molecule has 110 valence electrons. The Hall–Kier alpha value is -2.91. The molecule has 1 fully saturated rings. The van der Waals surface area contributed by atoms with E-state index in [0.29, 0.717) is 11.0 Å². The first kappa shape index (κ1) is 14.5. The second-order valence-corrected chi connectivity index (χ2v) is 4.17. The first-order valence-electron chi connectivity index (χ1n) is 5.55. The highest BCUT2D eigenvalue weighted by Crippen LogP contribution is 2.22. The molecule has 0 atom stereocenters. The number of nitro groups is 1. The smallest absolute Gasteiger partial charge is 0.305 e. The summed E-state index contributed by atoms with van der Waals surface area (Å²) in [4.78, 5) is 44.5. The van der Waals surface area contributed by atoms with E-state index in [0.717, 1.165) is 0 Å². The fraction of sp³-hybridized carbons (Fsp3) is 0.182. The molecule has 0 aliphatic carbocycles. The van der Waals surface area contributed by atoms with E-state index < -0.39 is 58.6 Å². The number of benzene rings is 1. The fourth-order valence-electron chi connectivity index (χ4n) is 1.79. The molecule has 3 amide bonds. The second kappa shape index (κ2) is 5.23. The molecular weight excluding hydrogens is 292 g/mol. The van der Waals surface area contributed by atoms with Gasteiger partial charge in [-0.2, -0.15) is 4.39 Å². The molecule has 0 spiro atoms. The van der Waals surface area contributed by atoms with Crippen LogP contribution in [0.4, 0.5) is 14.5 Å². The van der Waals surface area contributed by atoms with Crippen molar-refractivity contribution >= 4 is 23.4 Å². The molecule has 0 aromatic heterocycles. The highest BCUT2D eigenvalue weighted by Gasteiger charge is 2.30. The van der Waals surface area contributed by atoms with Crippen LogP contribution in [0.25, 0.3) is 0 Å².